The van der Waals surface area contributed by atoms with Gasteiger partial charge in [0.15, 0.2) is 11.8 Å². The van der Waals surface area contributed by atoms with Crippen LogP contribution in [0.5, 0.6) is 0 Å². The monoisotopic (exact) mass is 429 g/mol. The van der Waals surface area contributed by atoms with E-state index in [0.29, 0.717) is 24.7 Å². The lowest BCUT2D eigenvalue weighted by molar-refractivity contribution is 0.374. The van der Waals surface area contributed by atoms with Crippen LogP contribution in [0.1, 0.15) is 23.7 Å². The van der Waals surface area contributed by atoms with E-state index in [0.717, 1.165) is 25.3 Å². The topological polar surface area (TPSA) is 75.3 Å². The molecule has 126 valence electrons. The fourth-order valence-corrected chi connectivity index (χ4v) is 2.09. The number of aromatic nitrogens is 2. The summed E-state index contributed by atoms with van der Waals surface area (Å²) in [6.07, 6.45) is 2.81. The Morgan fingerprint density at radius 2 is 1.87 bits per heavy atom. The first-order valence-electron chi connectivity index (χ1n) is 7.55. The minimum Gasteiger partial charge on any atom is -0.356 e. The molecule has 1 aromatic carbocycles. The second-order valence-electron chi connectivity index (χ2n) is 5.00. The molecule has 0 spiro atoms. The summed E-state index contributed by atoms with van der Waals surface area (Å²) < 4.78 is 5.07. The zero-order valence-corrected chi connectivity index (χ0v) is 15.9. The summed E-state index contributed by atoms with van der Waals surface area (Å²) in [4.78, 5) is 8.36. The van der Waals surface area contributed by atoms with Crippen LogP contribution in [0.25, 0.3) is 0 Å². The molecule has 7 heteroatoms. The fourth-order valence-electron chi connectivity index (χ4n) is 2.09. The van der Waals surface area contributed by atoms with Crippen molar-refractivity contribution in [3.63, 3.8) is 0 Å². The number of hydrogen-bond donors (Lipinski definition) is 2. The van der Waals surface area contributed by atoms with Crippen LogP contribution in [0.15, 0.2) is 39.8 Å². The van der Waals surface area contributed by atoms with Gasteiger partial charge in [-0.25, -0.2) is 0 Å². The third-order valence-electron chi connectivity index (χ3n) is 3.20. The summed E-state index contributed by atoms with van der Waals surface area (Å²) in [5, 5.41) is 10.3. The van der Waals surface area contributed by atoms with E-state index in [1.54, 1.807) is 7.05 Å². The van der Waals surface area contributed by atoms with E-state index in [1.165, 1.54) is 5.56 Å². The largest absolute Gasteiger partial charge is 0.356 e. The third kappa shape index (κ3) is 7.45. The molecule has 0 radical (unpaired) electrons. The number of nitrogens with zero attached hydrogens (tertiary/aromatic N) is 3. The van der Waals surface area contributed by atoms with E-state index >= 15 is 0 Å². The van der Waals surface area contributed by atoms with Crippen molar-refractivity contribution in [2.24, 2.45) is 4.99 Å². The lowest BCUT2D eigenvalue weighted by atomic mass is 10.1. The molecule has 0 bridgehead atoms. The first-order valence-corrected chi connectivity index (χ1v) is 7.55. The Hall–Kier alpha value is -1.64. The molecule has 0 atom stereocenters. The zero-order chi connectivity index (χ0) is 15.6. The van der Waals surface area contributed by atoms with Crippen molar-refractivity contribution < 1.29 is 4.52 Å². The van der Waals surface area contributed by atoms with Gasteiger partial charge in [0.25, 0.3) is 0 Å². The van der Waals surface area contributed by atoms with Gasteiger partial charge >= 0.3 is 0 Å². The maximum atomic E-state index is 5.07. The number of nitrogens with one attached hydrogen (secondary N) is 2. The van der Waals surface area contributed by atoms with Crippen LogP contribution in [0.2, 0.25) is 0 Å². The van der Waals surface area contributed by atoms with Crippen LogP contribution < -0.4 is 10.6 Å². The molecule has 0 saturated heterocycles. The Balaban J connectivity index is 0.00000264. The summed E-state index contributed by atoms with van der Waals surface area (Å²) in [5.41, 5.74) is 1.36. The van der Waals surface area contributed by atoms with Crippen molar-refractivity contribution in [2.75, 3.05) is 20.1 Å². The second kappa shape index (κ2) is 11.0. The molecule has 1 aromatic heterocycles. The maximum Gasteiger partial charge on any atom is 0.228 e. The zero-order valence-electron chi connectivity index (χ0n) is 13.6. The summed E-state index contributed by atoms with van der Waals surface area (Å²) in [6, 6.07) is 10.5. The molecule has 0 saturated carbocycles. The molecule has 0 unspecified atom stereocenters. The quantitative estimate of drug-likeness (QED) is 0.306. The maximum absolute atomic E-state index is 5.07. The number of halogens is 1. The van der Waals surface area contributed by atoms with Crippen LogP contribution >= 0.6 is 24.0 Å². The van der Waals surface area contributed by atoms with Crippen molar-refractivity contribution in [2.45, 2.75) is 26.2 Å². The van der Waals surface area contributed by atoms with E-state index < -0.39 is 0 Å². The van der Waals surface area contributed by atoms with Crippen LogP contribution in [-0.2, 0) is 12.8 Å². The lowest BCUT2D eigenvalue weighted by Gasteiger charge is -2.11. The van der Waals surface area contributed by atoms with Gasteiger partial charge in [0.05, 0.1) is 0 Å². The Bertz CT molecular complexity index is 585. The third-order valence-corrected chi connectivity index (χ3v) is 3.20. The average Bonchev–Trinajstić information content (AvgIpc) is 2.96. The molecular formula is C16H24IN5O. The highest BCUT2D eigenvalue weighted by atomic mass is 127. The van der Waals surface area contributed by atoms with Crippen molar-refractivity contribution in [3.8, 4) is 0 Å². The van der Waals surface area contributed by atoms with Gasteiger partial charge in [-0.2, -0.15) is 4.98 Å². The Morgan fingerprint density at radius 1 is 1.13 bits per heavy atom. The standard InChI is InChI=1S/C16H23N5O.HI/c1-13-20-15(22-21-13)10-12-19-16(17-2)18-11-6-9-14-7-4-3-5-8-14;/h3-5,7-8H,6,9-12H2,1-2H3,(H2,17,18,19);1H. The van der Waals surface area contributed by atoms with Crippen molar-refractivity contribution >= 4 is 29.9 Å². The number of hydrogen-bond acceptors (Lipinski definition) is 4. The fraction of sp³-hybridized carbons (Fsp3) is 0.438. The Labute approximate surface area is 154 Å². The highest BCUT2D eigenvalue weighted by Crippen LogP contribution is 2.01. The minimum absolute atomic E-state index is 0. The highest BCUT2D eigenvalue weighted by Gasteiger charge is 2.03. The van der Waals surface area contributed by atoms with Gasteiger partial charge in [-0.05, 0) is 25.3 Å². The molecule has 6 nitrogen and oxygen atoms in total. The summed E-state index contributed by atoms with van der Waals surface area (Å²) >= 11 is 0. The molecule has 0 aliphatic carbocycles. The predicted molar refractivity (Wildman–Crippen MR) is 102 cm³/mol. The summed E-state index contributed by atoms with van der Waals surface area (Å²) in [5.74, 6) is 2.10. The molecule has 2 rings (SSSR count). The van der Waals surface area contributed by atoms with Gasteiger partial charge in [-0.15, -0.1) is 24.0 Å². The number of benzene rings is 1. The van der Waals surface area contributed by atoms with E-state index in [1.807, 2.05) is 13.0 Å². The van der Waals surface area contributed by atoms with Gasteiger partial charge in [0.1, 0.15) is 0 Å². The van der Waals surface area contributed by atoms with Crippen LogP contribution in [0.3, 0.4) is 0 Å². The van der Waals surface area contributed by atoms with Gasteiger partial charge in [0, 0.05) is 26.6 Å². The number of rotatable bonds is 7. The Kier molecular flexibility index (Phi) is 9.27. The number of aryl methyl sites for hydroxylation is 2. The van der Waals surface area contributed by atoms with Crippen LogP contribution in [0, 0.1) is 6.92 Å². The summed E-state index contributed by atoms with van der Waals surface area (Å²) in [6.45, 7) is 3.40. The summed E-state index contributed by atoms with van der Waals surface area (Å²) in [7, 11) is 1.77. The first kappa shape index (κ1) is 19.4. The van der Waals surface area contributed by atoms with Gasteiger partial charge < -0.3 is 15.2 Å². The molecule has 2 N–H and O–H groups in total. The first-order chi connectivity index (χ1) is 10.8. The smallest absolute Gasteiger partial charge is 0.228 e. The van der Waals surface area contributed by atoms with E-state index in [9.17, 15) is 0 Å². The Morgan fingerprint density at radius 3 is 2.52 bits per heavy atom. The predicted octanol–water partition coefficient (Wildman–Crippen LogP) is 2.34. The molecule has 0 fully saturated rings. The van der Waals surface area contributed by atoms with E-state index in [4.69, 9.17) is 4.52 Å². The van der Waals surface area contributed by atoms with Crippen LogP contribution in [0.4, 0.5) is 0 Å². The molecule has 1 heterocycles. The second-order valence-corrected chi connectivity index (χ2v) is 5.00. The van der Waals surface area contributed by atoms with E-state index in [2.05, 4.69) is 50.0 Å². The normalized spacial score (nSPS) is 11.0. The molecular weight excluding hydrogens is 405 g/mol. The molecule has 0 aliphatic heterocycles. The SMILES string of the molecule is CN=C(NCCCc1ccccc1)NCCc1nc(C)no1.I. The molecule has 2 aromatic rings. The van der Waals surface area contributed by atoms with Crippen LogP contribution in [-0.4, -0.2) is 36.2 Å². The van der Waals surface area contributed by atoms with Crippen molar-refractivity contribution in [3.05, 3.63) is 47.6 Å². The van der Waals surface area contributed by atoms with Crippen molar-refractivity contribution in [1.82, 2.24) is 20.8 Å². The van der Waals surface area contributed by atoms with Gasteiger partial charge in [-0.1, -0.05) is 35.5 Å². The molecule has 0 aliphatic rings. The highest BCUT2D eigenvalue weighted by molar-refractivity contribution is 14.0. The van der Waals surface area contributed by atoms with Gasteiger partial charge in [-0.3, -0.25) is 4.99 Å². The molecule has 0 amide bonds. The molecule has 23 heavy (non-hydrogen) atoms. The van der Waals surface area contributed by atoms with Gasteiger partial charge in [0.2, 0.25) is 5.89 Å². The number of guanidine groups is 1. The average molecular weight is 429 g/mol. The van der Waals surface area contributed by atoms with Crippen molar-refractivity contribution in [1.29, 1.82) is 0 Å². The number of aliphatic imine (C=N–C) groups is 1. The lowest BCUT2D eigenvalue weighted by Crippen LogP contribution is -2.38. The van der Waals surface area contributed by atoms with E-state index in [-0.39, 0.29) is 24.0 Å². The minimum atomic E-state index is 0.